The van der Waals surface area contributed by atoms with Crippen molar-refractivity contribution in [2.24, 2.45) is 7.05 Å². The average Bonchev–Trinajstić information content (AvgIpc) is 3.11. The van der Waals surface area contributed by atoms with E-state index in [0.717, 1.165) is 18.5 Å². The van der Waals surface area contributed by atoms with Crippen LogP contribution in [0.4, 0.5) is 0 Å². The maximum atomic E-state index is 12.0. The predicted octanol–water partition coefficient (Wildman–Crippen LogP) is 1.90. The average molecular weight is 297 g/mol. The van der Waals surface area contributed by atoms with E-state index in [0.29, 0.717) is 12.2 Å². The second kappa shape index (κ2) is 6.01. The normalized spacial score (nSPS) is 11.0. The molecule has 0 unspecified atom stereocenters. The highest BCUT2D eigenvalue weighted by atomic mass is 16.2. The maximum Gasteiger partial charge on any atom is 0.269 e. The minimum atomic E-state index is -0.0961. The molecule has 114 valence electrons. The molecular weight excluding hydrogens is 278 g/mol. The van der Waals surface area contributed by atoms with Crippen LogP contribution in [0.5, 0.6) is 0 Å². The van der Waals surface area contributed by atoms with Crippen molar-refractivity contribution in [3.05, 3.63) is 47.9 Å². The summed E-state index contributed by atoms with van der Waals surface area (Å²) in [6.45, 7) is 3.47. The highest BCUT2D eigenvalue weighted by Gasteiger charge is 2.09. The van der Waals surface area contributed by atoms with Crippen molar-refractivity contribution in [1.82, 2.24) is 24.9 Å². The quantitative estimate of drug-likeness (QED) is 0.732. The molecule has 1 aromatic carbocycles. The summed E-state index contributed by atoms with van der Waals surface area (Å²) < 4.78 is 3.55. The summed E-state index contributed by atoms with van der Waals surface area (Å²) in [6, 6.07) is 7.91. The van der Waals surface area contributed by atoms with E-state index in [9.17, 15) is 4.79 Å². The van der Waals surface area contributed by atoms with Crippen LogP contribution >= 0.6 is 0 Å². The van der Waals surface area contributed by atoms with Crippen LogP contribution in [-0.2, 0) is 13.6 Å². The minimum Gasteiger partial charge on any atom is -0.351 e. The number of carbonyl (C=O) groups is 1. The molecule has 22 heavy (non-hydrogen) atoms. The van der Waals surface area contributed by atoms with Crippen molar-refractivity contribution in [2.45, 2.75) is 19.9 Å². The lowest BCUT2D eigenvalue weighted by Crippen LogP contribution is -2.27. The predicted molar refractivity (Wildman–Crippen MR) is 84.6 cm³/mol. The largest absolute Gasteiger partial charge is 0.351 e. The molecule has 2 aromatic heterocycles. The highest BCUT2D eigenvalue weighted by Crippen LogP contribution is 2.17. The van der Waals surface area contributed by atoms with Crippen LogP contribution in [0, 0.1) is 6.92 Å². The summed E-state index contributed by atoms with van der Waals surface area (Å²) in [7, 11) is 1.76. The molecule has 0 fully saturated rings. The summed E-state index contributed by atoms with van der Waals surface area (Å²) in [5.41, 5.74) is 2.94. The second-order valence-electron chi connectivity index (χ2n) is 5.32. The van der Waals surface area contributed by atoms with Crippen LogP contribution in [0.1, 0.15) is 22.5 Å². The lowest BCUT2D eigenvalue weighted by molar-refractivity contribution is 0.0943. The fraction of sp³-hybridized carbons (Fsp3) is 0.312. The van der Waals surface area contributed by atoms with E-state index >= 15 is 0 Å². The number of nitrogens with one attached hydrogen (secondary N) is 1. The summed E-state index contributed by atoms with van der Waals surface area (Å²) in [5, 5.41) is 12.5. The molecule has 3 aromatic rings. The third-order valence-electron chi connectivity index (χ3n) is 3.79. The van der Waals surface area contributed by atoms with Crippen LogP contribution in [0.3, 0.4) is 0 Å². The number of rotatable bonds is 5. The van der Waals surface area contributed by atoms with Crippen molar-refractivity contribution in [1.29, 1.82) is 0 Å². The molecule has 1 N–H and O–H groups in total. The van der Waals surface area contributed by atoms with Gasteiger partial charge in [0.05, 0.1) is 11.7 Å². The number of hydrogen-bond donors (Lipinski definition) is 1. The Morgan fingerprint density at radius 2 is 2.14 bits per heavy atom. The van der Waals surface area contributed by atoms with Crippen molar-refractivity contribution in [2.75, 3.05) is 6.54 Å². The monoisotopic (exact) mass is 297 g/mol. The second-order valence-corrected chi connectivity index (χ2v) is 5.32. The molecule has 0 radical (unpaired) electrons. The Balaban J connectivity index is 1.56. The number of benzene rings is 1. The highest BCUT2D eigenvalue weighted by molar-refractivity contribution is 5.92. The molecule has 0 spiro atoms. The number of amides is 1. The van der Waals surface area contributed by atoms with Gasteiger partial charge in [-0.2, -0.15) is 10.2 Å². The first-order valence-corrected chi connectivity index (χ1v) is 7.34. The number of aromatic nitrogens is 4. The zero-order chi connectivity index (χ0) is 15.5. The molecule has 0 aliphatic carbocycles. The molecule has 0 bridgehead atoms. The van der Waals surface area contributed by atoms with E-state index in [2.05, 4.69) is 34.6 Å². The molecule has 0 saturated heterocycles. The van der Waals surface area contributed by atoms with E-state index < -0.39 is 0 Å². The van der Waals surface area contributed by atoms with Gasteiger partial charge in [0.1, 0.15) is 5.69 Å². The smallest absolute Gasteiger partial charge is 0.269 e. The standard InChI is InChI=1S/C16H19N5O/c1-12-5-3-6-14-13(12)11-19-21(14)10-4-8-17-16(22)15-7-9-18-20(15)2/h3,5-7,9,11H,4,8,10H2,1-2H3,(H,17,22). The maximum absolute atomic E-state index is 12.0. The van der Waals surface area contributed by atoms with Crippen LogP contribution in [0.2, 0.25) is 0 Å². The van der Waals surface area contributed by atoms with Gasteiger partial charge in [0.2, 0.25) is 0 Å². The first kappa shape index (κ1) is 14.3. The third kappa shape index (κ3) is 2.72. The summed E-state index contributed by atoms with van der Waals surface area (Å²) in [6.07, 6.45) is 4.35. The first-order valence-electron chi connectivity index (χ1n) is 7.34. The van der Waals surface area contributed by atoms with Crippen molar-refractivity contribution in [3.63, 3.8) is 0 Å². The fourth-order valence-corrected chi connectivity index (χ4v) is 2.54. The van der Waals surface area contributed by atoms with Gasteiger partial charge in [-0.15, -0.1) is 0 Å². The fourth-order valence-electron chi connectivity index (χ4n) is 2.54. The topological polar surface area (TPSA) is 64.7 Å². The number of hydrogen-bond acceptors (Lipinski definition) is 3. The van der Waals surface area contributed by atoms with E-state index in [4.69, 9.17) is 0 Å². The molecule has 0 saturated carbocycles. The number of nitrogens with zero attached hydrogens (tertiary/aromatic N) is 4. The molecule has 3 rings (SSSR count). The van der Waals surface area contributed by atoms with Crippen LogP contribution in [0.25, 0.3) is 10.9 Å². The zero-order valence-electron chi connectivity index (χ0n) is 12.8. The zero-order valence-corrected chi connectivity index (χ0v) is 12.8. The van der Waals surface area contributed by atoms with E-state index in [1.807, 2.05) is 16.9 Å². The van der Waals surface area contributed by atoms with Crippen molar-refractivity contribution in [3.8, 4) is 0 Å². The molecule has 0 aliphatic heterocycles. The van der Waals surface area contributed by atoms with Gasteiger partial charge < -0.3 is 5.32 Å². The van der Waals surface area contributed by atoms with Gasteiger partial charge in [-0.1, -0.05) is 12.1 Å². The van der Waals surface area contributed by atoms with Gasteiger partial charge in [0.25, 0.3) is 5.91 Å². The molecule has 0 atom stereocenters. The van der Waals surface area contributed by atoms with Gasteiger partial charge >= 0.3 is 0 Å². The lowest BCUT2D eigenvalue weighted by atomic mass is 10.1. The van der Waals surface area contributed by atoms with Crippen LogP contribution in [-0.4, -0.2) is 32.0 Å². The van der Waals surface area contributed by atoms with Crippen molar-refractivity contribution < 1.29 is 4.79 Å². The summed E-state index contributed by atoms with van der Waals surface area (Å²) >= 11 is 0. The number of aryl methyl sites for hydroxylation is 3. The van der Waals surface area contributed by atoms with E-state index in [-0.39, 0.29) is 5.91 Å². The SMILES string of the molecule is Cc1cccc2c1cnn2CCCNC(=O)c1ccnn1C. The Hall–Kier alpha value is -2.63. The van der Waals surface area contributed by atoms with Crippen LogP contribution < -0.4 is 5.32 Å². The van der Waals surface area contributed by atoms with Gasteiger partial charge in [0.15, 0.2) is 0 Å². The molecule has 2 heterocycles. The first-order chi connectivity index (χ1) is 10.7. The third-order valence-corrected chi connectivity index (χ3v) is 3.79. The molecule has 0 aliphatic rings. The summed E-state index contributed by atoms with van der Waals surface area (Å²) in [5.74, 6) is -0.0961. The van der Waals surface area contributed by atoms with Gasteiger partial charge in [-0.3, -0.25) is 14.2 Å². The number of carbonyl (C=O) groups excluding carboxylic acids is 1. The van der Waals surface area contributed by atoms with E-state index in [1.54, 1.807) is 24.0 Å². The Labute approximate surface area is 128 Å². The van der Waals surface area contributed by atoms with Crippen LogP contribution in [0.15, 0.2) is 36.7 Å². The minimum absolute atomic E-state index is 0.0961. The molecular formula is C16H19N5O. The number of fused-ring (bicyclic) bond motifs is 1. The van der Waals surface area contributed by atoms with Gasteiger partial charge in [-0.25, -0.2) is 0 Å². The van der Waals surface area contributed by atoms with Crippen molar-refractivity contribution >= 4 is 16.8 Å². The molecule has 6 heteroatoms. The van der Waals surface area contributed by atoms with E-state index in [1.165, 1.54) is 10.9 Å². The Morgan fingerprint density at radius 3 is 2.91 bits per heavy atom. The molecule has 1 amide bonds. The summed E-state index contributed by atoms with van der Waals surface area (Å²) in [4.78, 5) is 12.0. The van der Waals surface area contributed by atoms with Gasteiger partial charge in [-0.05, 0) is 31.0 Å². The Bertz CT molecular complexity index is 802. The Kier molecular flexibility index (Phi) is 3.91. The molecule has 6 nitrogen and oxygen atoms in total. The van der Waals surface area contributed by atoms with Gasteiger partial charge in [0, 0.05) is 31.7 Å². The lowest BCUT2D eigenvalue weighted by Gasteiger charge is -2.06. The Morgan fingerprint density at radius 1 is 1.27 bits per heavy atom.